The molecule has 0 aliphatic heterocycles. The van der Waals surface area contributed by atoms with Gasteiger partial charge in [-0.15, -0.1) is 0 Å². The Balaban J connectivity index is 1.70. The number of ketones is 1. The van der Waals surface area contributed by atoms with Gasteiger partial charge in [-0.05, 0) is 73.2 Å². The van der Waals surface area contributed by atoms with E-state index < -0.39 is 0 Å². The molecule has 0 aromatic carbocycles. The first-order chi connectivity index (χ1) is 11.4. The molecule has 4 aliphatic carbocycles. The van der Waals surface area contributed by atoms with Gasteiger partial charge in [0.05, 0.1) is 0 Å². The molecule has 0 aromatic heterocycles. The number of carbonyl (C=O) groups is 1. The van der Waals surface area contributed by atoms with E-state index in [1.54, 1.807) is 6.08 Å². The molecule has 0 saturated heterocycles. The molecule has 0 radical (unpaired) electrons. The highest BCUT2D eigenvalue weighted by molar-refractivity contribution is 5.91. The average Bonchev–Trinajstić information content (AvgIpc) is 2.80. The van der Waals surface area contributed by atoms with Gasteiger partial charge >= 0.3 is 0 Å². The lowest BCUT2D eigenvalue weighted by Crippen LogP contribution is -2.50. The Hall–Kier alpha value is -1.40. The van der Waals surface area contributed by atoms with Crippen molar-refractivity contribution in [2.24, 2.45) is 34.5 Å². The van der Waals surface area contributed by atoms with Crippen LogP contribution in [0.3, 0.4) is 0 Å². The minimum atomic E-state index is 0.178. The van der Waals surface area contributed by atoms with E-state index in [1.165, 1.54) is 24.0 Å². The molecule has 0 heterocycles. The molecule has 0 N–H and O–H groups in total. The van der Waals surface area contributed by atoms with E-state index in [0.29, 0.717) is 30.0 Å². The molecule has 4 aliphatic rings. The van der Waals surface area contributed by atoms with Crippen molar-refractivity contribution < 1.29 is 9.59 Å². The Bertz CT molecular complexity index is 678. The Labute approximate surface area is 145 Å². The van der Waals surface area contributed by atoms with Crippen LogP contribution in [0, 0.1) is 34.5 Å². The van der Waals surface area contributed by atoms with Gasteiger partial charge in [0.1, 0.15) is 5.94 Å². The van der Waals surface area contributed by atoms with Gasteiger partial charge in [-0.3, -0.25) is 4.79 Å². The van der Waals surface area contributed by atoms with Gasteiger partial charge in [0.25, 0.3) is 0 Å². The van der Waals surface area contributed by atoms with Crippen molar-refractivity contribution in [1.29, 1.82) is 0 Å². The molecular formula is C22H28O2. The van der Waals surface area contributed by atoms with Crippen LogP contribution >= 0.6 is 0 Å². The molecule has 24 heavy (non-hydrogen) atoms. The maximum Gasteiger partial charge on any atom is 0.155 e. The predicted octanol–water partition coefficient (Wildman–Crippen LogP) is 4.69. The Morgan fingerprint density at radius 2 is 2.00 bits per heavy atom. The second-order valence-electron chi connectivity index (χ2n) is 9.14. The molecule has 3 fully saturated rings. The summed E-state index contributed by atoms with van der Waals surface area (Å²) in [6, 6.07) is 0. The smallest absolute Gasteiger partial charge is 0.155 e. The summed E-state index contributed by atoms with van der Waals surface area (Å²) in [4.78, 5) is 22.9. The van der Waals surface area contributed by atoms with Crippen LogP contribution in [0.1, 0.15) is 58.8 Å². The van der Waals surface area contributed by atoms with Crippen LogP contribution in [0.4, 0.5) is 0 Å². The van der Waals surface area contributed by atoms with Crippen LogP contribution in [-0.2, 0) is 9.59 Å². The first kappa shape index (κ1) is 16.1. The molecule has 2 heteroatoms. The van der Waals surface area contributed by atoms with Gasteiger partial charge in [-0.1, -0.05) is 31.6 Å². The third kappa shape index (κ3) is 2.02. The number of rotatable bonds is 1. The maximum atomic E-state index is 11.9. The quantitative estimate of drug-likeness (QED) is 0.518. The summed E-state index contributed by atoms with van der Waals surface area (Å²) in [5, 5.41) is 0. The summed E-state index contributed by atoms with van der Waals surface area (Å²) in [6.45, 7) is 9.10. The third-order valence-electron chi connectivity index (χ3n) is 8.27. The minimum absolute atomic E-state index is 0.178. The lowest BCUT2D eigenvalue weighted by molar-refractivity contribution is -0.117. The highest BCUT2D eigenvalue weighted by atomic mass is 16.1. The summed E-state index contributed by atoms with van der Waals surface area (Å²) in [7, 11) is 0. The summed E-state index contributed by atoms with van der Waals surface area (Å²) in [5.41, 5.74) is 3.05. The molecule has 6 atom stereocenters. The first-order valence-electron chi connectivity index (χ1n) is 9.53. The van der Waals surface area contributed by atoms with E-state index in [2.05, 4.69) is 20.4 Å². The fourth-order valence-electron chi connectivity index (χ4n) is 6.93. The average molecular weight is 324 g/mol. The van der Waals surface area contributed by atoms with Crippen LogP contribution in [0.2, 0.25) is 0 Å². The molecular weight excluding hydrogens is 296 g/mol. The third-order valence-corrected chi connectivity index (χ3v) is 8.27. The molecule has 0 aromatic rings. The van der Waals surface area contributed by atoms with Crippen molar-refractivity contribution in [1.82, 2.24) is 0 Å². The topological polar surface area (TPSA) is 34.1 Å². The highest BCUT2D eigenvalue weighted by Gasteiger charge is 2.59. The van der Waals surface area contributed by atoms with Crippen LogP contribution in [0.25, 0.3) is 0 Å². The molecule has 0 spiro atoms. The zero-order valence-corrected chi connectivity index (χ0v) is 14.9. The predicted molar refractivity (Wildman–Crippen MR) is 95.0 cm³/mol. The normalized spacial score (nSPS) is 47.2. The summed E-state index contributed by atoms with van der Waals surface area (Å²) >= 11 is 0. The maximum absolute atomic E-state index is 11.9. The van der Waals surface area contributed by atoms with Gasteiger partial charge in [-0.2, -0.15) is 0 Å². The largest absolute Gasteiger partial charge is 0.295 e. The molecule has 4 rings (SSSR count). The van der Waals surface area contributed by atoms with Crippen LogP contribution in [0.5, 0.6) is 0 Å². The van der Waals surface area contributed by atoms with Crippen molar-refractivity contribution in [3.8, 4) is 0 Å². The number of carbonyl (C=O) groups excluding carboxylic acids is 2. The first-order valence-corrected chi connectivity index (χ1v) is 9.53. The Morgan fingerprint density at radius 1 is 1.21 bits per heavy atom. The lowest BCUT2D eigenvalue weighted by Gasteiger charge is -2.57. The summed E-state index contributed by atoms with van der Waals surface area (Å²) in [6.07, 6.45) is 11.2. The molecule has 2 nitrogen and oxygen atoms in total. The number of fused-ring (bicyclic) bond motifs is 5. The number of hydrogen-bond donors (Lipinski definition) is 0. The summed E-state index contributed by atoms with van der Waals surface area (Å²) in [5.74, 6) is 4.61. The highest BCUT2D eigenvalue weighted by Crippen LogP contribution is 2.67. The fourth-order valence-corrected chi connectivity index (χ4v) is 6.93. The van der Waals surface area contributed by atoms with Crippen molar-refractivity contribution in [3.05, 3.63) is 29.9 Å². The monoisotopic (exact) mass is 324 g/mol. The van der Waals surface area contributed by atoms with Gasteiger partial charge < -0.3 is 0 Å². The van der Waals surface area contributed by atoms with E-state index in [4.69, 9.17) is 0 Å². The molecule has 0 bridgehead atoms. The van der Waals surface area contributed by atoms with Crippen LogP contribution in [-0.4, -0.2) is 11.7 Å². The van der Waals surface area contributed by atoms with Crippen molar-refractivity contribution in [3.63, 3.8) is 0 Å². The number of hydrogen-bond acceptors (Lipinski definition) is 2. The Morgan fingerprint density at radius 3 is 2.75 bits per heavy atom. The van der Waals surface area contributed by atoms with Gasteiger partial charge in [0.15, 0.2) is 5.78 Å². The van der Waals surface area contributed by atoms with Gasteiger partial charge in [0.2, 0.25) is 0 Å². The van der Waals surface area contributed by atoms with E-state index in [0.717, 1.165) is 25.7 Å². The minimum Gasteiger partial charge on any atom is -0.295 e. The standard InChI is InChI=1S/C22H28O2/c1-14-12-20-17-5-4-15-13-16(24)6-9-21(15,2)19(17)7-10-22(20,3)18(14)8-11-23/h8,13,17-20H,1,4-7,9-10,12H2,2-3H3/t17-,18-,19+,20+,21+,22-/m1/s1. The van der Waals surface area contributed by atoms with E-state index >= 15 is 0 Å². The summed E-state index contributed by atoms with van der Waals surface area (Å²) < 4.78 is 0. The van der Waals surface area contributed by atoms with Crippen LogP contribution < -0.4 is 0 Å². The molecule has 128 valence electrons. The van der Waals surface area contributed by atoms with Crippen molar-refractivity contribution in [2.45, 2.75) is 58.8 Å². The van der Waals surface area contributed by atoms with E-state index in [1.807, 2.05) is 12.0 Å². The fraction of sp³-hybridized carbons (Fsp3) is 0.682. The molecule has 3 saturated carbocycles. The van der Waals surface area contributed by atoms with Gasteiger partial charge in [-0.25, -0.2) is 4.79 Å². The zero-order valence-electron chi connectivity index (χ0n) is 14.9. The lowest BCUT2D eigenvalue weighted by atomic mass is 9.47. The molecule has 0 unspecified atom stereocenters. The van der Waals surface area contributed by atoms with E-state index in [-0.39, 0.29) is 16.7 Å². The second-order valence-corrected chi connectivity index (χ2v) is 9.14. The zero-order chi connectivity index (χ0) is 17.1. The van der Waals surface area contributed by atoms with Crippen LogP contribution in [0.15, 0.2) is 29.9 Å². The van der Waals surface area contributed by atoms with Gasteiger partial charge in [0, 0.05) is 18.4 Å². The van der Waals surface area contributed by atoms with Crippen molar-refractivity contribution >= 4 is 11.7 Å². The van der Waals surface area contributed by atoms with Crippen molar-refractivity contribution in [2.75, 3.05) is 0 Å². The van der Waals surface area contributed by atoms with E-state index in [9.17, 15) is 9.59 Å². The number of allylic oxidation sites excluding steroid dienone is 3. The second kappa shape index (κ2) is 5.30. The molecule has 0 amide bonds. The SMILES string of the molecule is C=C1C[C@H]2[C@@H]3CCC4=CC(=O)CC[C@]4(C)[C@H]3CC[C@]2(C)[C@@H]1C=C=O. The Kier molecular flexibility index (Phi) is 3.55.